The number of pyridine rings is 1. The van der Waals surface area contributed by atoms with Crippen molar-refractivity contribution in [3.05, 3.63) is 53.4 Å². The highest BCUT2D eigenvalue weighted by atomic mass is 32.1. The normalized spacial score (nSPS) is 16.4. The minimum absolute atomic E-state index is 0.143. The number of aromatic nitrogens is 4. The highest BCUT2D eigenvalue weighted by Gasteiger charge is 2.33. The zero-order valence-corrected chi connectivity index (χ0v) is 17.1. The maximum absolute atomic E-state index is 13.0. The molecule has 5 rings (SSSR count). The van der Waals surface area contributed by atoms with Gasteiger partial charge in [0.25, 0.3) is 5.91 Å². The Balaban J connectivity index is 1.50. The summed E-state index contributed by atoms with van der Waals surface area (Å²) in [5.74, 6) is -0.586. The number of imidazole rings is 1. The number of carbonyl (C=O) groups excluding carboxylic acids is 2. The molecule has 4 aromatic rings. The summed E-state index contributed by atoms with van der Waals surface area (Å²) in [4.78, 5) is 32.2. The molecule has 0 aromatic carbocycles. The molecular weight excluding hydrogens is 400 g/mol. The monoisotopic (exact) mass is 420 g/mol. The second-order valence-corrected chi connectivity index (χ2v) is 8.50. The molecule has 1 fully saturated rings. The number of hydrogen-bond donors (Lipinski definition) is 2. The number of primary amides is 1. The van der Waals surface area contributed by atoms with Gasteiger partial charge >= 0.3 is 0 Å². The first kappa shape index (κ1) is 18.6. The molecule has 1 aliphatic rings. The van der Waals surface area contributed by atoms with Crippen LogP contribution in [0.2, 0.25) is 0 Å². The third kappa shape index (κ3) is 2.98. The zero-order valence-electron chi connectivity index (χ0n) is 16.3. The number of fused-ring (bicyclic) bond motifs is 1. The minimum atomic E-state index is -0.514. The van der Waals surface area contributed by atoms with Crippen molar-refractivity contribution >= 4 is 28.8 Å². The minimum Gasteiger partial charge on any atom is -0.368 e. The van der Waals surface area contributed by atoms with Gasteiger partial charge in [-0.1, -0.05) is 0 Å². The topological polar surface area (TPSA) is 109 Å². The molecule has 0 saturated carbocycles. The van der Waals surface area contributed by atoms with E-state index in [0.717, 1.165) is 39.5 Å². The SMILES string of the molecule is Cc1[nH]ncc1-c1ccc2ncc(-c3ccc(C(=O)N4CCCC4C(N)=O)s3)n2c1. The number of hydrogen-bond acceptors (Lipinski definition) is 5. The number of amides is 2. The van der Waals surface area contributed by atoms with Crippen LogP contribution in [0.1, 0.15) is 28.2 Å². The number of H-pyrrole nitrogens is 1. The highest BCUT2D eigenvalue weighted by Crippen LogP contribution is 2.32. The fourth-order valence-corrected chi connectivity index (χ4v) is 4.97. The summed E-state index contributed by atoms with van der Waals surface area (Å²) >= 11 is 1.40. The van der Waals surface area contributed by atoms with Crippen molar-refractivity contribution in [2.45, 2.75) is 25.8 Å². The third-order valence-electron chi connectivity index (χ3n) is 5.56. The Hall–Kier alpha value is -3.46. The maximum Gasteiger partial charge on any atom is 0.264 e. The van der Waals surface area contributed by atoms with E-state index in [1.54, 1.807) is 11.1 Å². The van der Waals surface area contributed by atoms with Crippen LogP contribution in [-0.4, -0.2) is 48.9 Å². The molecular formula is C21H20N6O2S. The van der Waals surface area contributed by atoms with Gasteiger partial charge in [0, 0.05) is 29.6 Å². The molecule has 0 spiro atoms. The van der Waals surface area contributed by atoms with Crippen molar-refractivity contribution in [2.75, 3.05) is 6.54 Å². The first-order valence-corrected chi connectivity index (χ1v) is 10.5. The predicted octanol–water partition coefficient (Wildman–Crippen LogP) is 2.85. The Morgan fingerprint density at radius 2 is 2.10 bits per heavy atom. The molecule has 1 unspecified atom stereocenters. The molecule has 0 radical (unpaired) electrons. The number of nitrogens with two attached hydrogens (primary N) is 1. The Morgan fingerprint density at radius 1 is 1.23 bits per heavy atom. The van der Waals surface area contributed by atoms with Crippen molar-refractivity contribution in [1.29, 1.82) is 0 Å². The van der Waals surface area contributed by atoms with Crippen LogP contribution in [0.3, 0.4) is 0 Å². The summed E-state index contributed by atoms with van der Waals surface area (Å²) in [7, 11) is 0. The standard InChI is InChI=1S/C21H20N6O2S/c1-12-14(9-24-25-12)13-4-7-19-23-10-16(27(19)11-13)17-5-6-18(30-17)21(29)26-8-2-3-15(26)20(22)28/h4-7,9-11,15H,2-3,8H2,1H3,(H2,22,28)(H,24,25). The number of aromatic amines is 1. The molecule has 2 amide bonds. The summed E-state index contributed by atoms with van der Waals surface area (Å²) in [6.07, 6.45) is 7.06. The maximum atomic E-state index is 13.0. The zero-order chi connectivity index (χ0) is 20.8. The predicted molar refractivity (Wildman–Crippen MR) is 114 cm³/mol. The van der Waals surface area contributed by atoms with Gasteiger partial charge < -0.3 is 10.6 Å². The van der Waals surface area contributed by atoms with Crippen LogP contribution in [0.25, 0.3) is 27.3 Å². The average molecular weight is 420 g/mol. The van der Waals surface area contributed by atoms with E-state index in [9.17, 15) is 9.59 Å². The van der Waals surface area contributed by atoms with Crippen LogP contribution in [0.4, 0.5) is 0 Å². The number of nitrogens with zero attached hydrogens (tertiary/aromatic N) is 4. The van der Waals surface area contributed by atoms with Gasteiger partial charge in [0.2, 0.25) is 5.91 Å². The van der Waals surface area contributed by atoms with Crippen molar-refractivity contribution in [1.82, 2.24) is 24.5 Å². The lowest BCUT2D eigenvalue weighted by Crippen LogP contribution is -2.43. The van der Waals surface area contributed by atoms with Gasteiger partial charge in [-0.25, -0.2) is 4.98 Å². The smallest absolute Gasteiger partial charge is 0.264 e. The van der Waals surface area contributed by atoms with E-state index in [0.29, 0.717) is 17.8 Å². The van der Waals surface area contributed by atoms with Crippen molar-refractivity contribution in [3.63, 3.8) is 0 Å². The largest absolute Gasteiger partial charge is 0.368 e. The van der Waals surface area contributed by atoms with Crippen LogP contribution in [0, 0.1) is 6.92 Å². The fourth-order valence-electron chi connectivity index (χ4n) is 4.00. The molecule has 1 atom stereocenters. The molecule has 152 valence electrons. The quantitative estimate of drug-likeness (QED) is 0.529. The van der Waals surface area contributed by atoms with Crippen LogP contribution in [-0.2, 0) is 4.79 Å². The molecule has 9 heteroatoms. The van der Waals surface area contributed by atoms with Crippen molar-refractivity contribution in [2.24, 2.45) is 5.73 Å². The van der Waals surface area contributed by atoms with E-state index in [1.807, 2.05) is 48.0 Å². The summed E-state index contributed by atoms with van der Waals surface area (Å²) in [6, 6.07) is 7.20. The van der Waals surface area contributed by atoms with Gasteiger partial charge in [-0.15, -0.1) is 11.3 Å². The third-order valence-corrected chi connectivity index (χ3v) is 6.65. The molecule has 5 heterocycles. The summed E-state index contributed by atoms with van der Waals surface area (Å²) in [6.45, 7) is 2.54. The lowest BCUT2D eigenvalue weighted by molar-refractivity contribution is -0.121. The van der Waals surface area contributed by atoms with E-state index in [2.05, 4.69) is 15.2 Å². The first-order valence-electron chi connectivity index (χ1n) is 9.71. The number of carbonyl (C=O) groups is 2. The lowest BCUT2D eigenvalue weighted by atomic mass is 10.1. The van der Waals surface area contributed by atoms with E-state index in [1.165, 1.54) is 11.3 Å². The molecule has 4 aromatic heterocycles. The van der Waals surface area contributed by atoms with Gasteiger partial charge in [0.05, 0.1) is 27.8 Å². The number of aryl methyl sites for hydroxylation is 1. The second-order valence-electron chi connectivity index (χ2n) is 7.42. The van der Waals surface area contributed by atoms with E-state index >= 15 is 0 Å². The Kier molecular flexibility index (Phi) is 4.39. The average Bonchev–Trinajstić information content (AvgIpc) is 3.51. The van der Waals surface area contributed by atoms with Gasteiger partial charge in [-0.3, -0.25) is 19.1 Å². The van der Waals surface area contributed by atoms with E-state index in [-0.39, 0.29) is 5.91 Å². The molecule has 8 nitrogen and oxygen atoms in total. The van der Waals surface area contributed by atoms with Crippen LogP contribution in [0.5, 0.6) is 0 Å². The van der Waals surface area contributed by atoms with Crippen LogP contribution >= 0.6 is 11.3 Å². The highest BCUT2D eigenvalue weighted by molar-refractivity contribution is 7.17. The number of likely N-dealkylation sites (tertiary alicyclic amines) is 1. The number of rotatable bonds is 4. The summed E-state index contributed by atoms with van der Waals surface area (Å²) in [5, 5.41) is 7.06. The summed E-state index contributed by atoms with van der Waals surface area (Å²) < 4.78 is 2.02. The van der Waals surface area contributed by atoms with Crippen LogP contribution in [0.15, 0.2) is 42.9 Å². The molecule has 3 N–H and O–H groups in total. The Bertz CT molecular complexity index is 1270. The van der Waals surface area contributed by atoms with Gasteiger partial charge in [0.1, 0.15) is 11.7 Å². The Morgan fingerprint density at radius 3 is 2.87 bits per heavy atom. The molecule has 30 heavy (non-hydrogen) atoms. The number of nitrogens with one attached hydrogen (secondary N) is 1. The summed E-state index contributed by atoms with van der Waals surface area (Å²) in [5.41, 5.74) is 10.3. The van der Waals surface area contributed by atoms with E-state index in [4.69, 9.17) is 5.73 Å². The molecule has 0 bridgehead atoms. The number of thiophene rings is 1. The second kappa shape index (κ2) is 7.10. The Labute approximate surface area is 176 Å². The van der Waals surface area contributed by atoms with Crippen molar-refractivity contribution in [3.8, 4) is 21.7 Å². The van der Waals surface area contributed by atoms with E-state index < -0.39 is 11.9 Å². The van der Waals surface area contributed by atoms with Crippen LogP contribution < -0.4 is 5.73 Å². The van der Waals surface area contributed by atoms with Crippen molar-refractivity contribution < 1.29 is 9.59 Å². The van der Waals surface area contributed by atoms with Gasteiger partial charge in [0.15, 0.2) is 0 Å². The lowest BCUT2D eigenvalue weighted by Gasteiger charge is -2.21. The molecule has 1 aliphatic heterocycles. The van der Waals surface area contributed by atoms with Gasteiger partial charge in [-0.05, 0) is 44.0 Å². The molecule has 0 aliphatic carbocycles. The fraction of sp³-hybridized carbons (Fsp3) is 0.238. The first-order chi connectivity index (χ1) is 14.5. The van der Waals surface area contributed by atoms with Gasteiger partial charge in [-0.2, -0.15) is 5.10 Å². The molecule has 1 saturated heterocycles.